The highest BCUT2D eigenvalue weighted by Crippen LogP contribution is 2.37. The quantitative estimate of drug-likeness (QED) is 0.665. The molecule has 8 heteroatoms. The van der Waals surface area contributed by atoms with E-state index in [1.54, 1.807) is 0 Å². The van der Waals surface area contributed by atoms with E-state index in [0.717, 1.165) is 12.1 Å². The maximum absolute atomic E-state index is 14.2. The Bertz CT molecular complexity index is 1020. The molecule has 124 valence electrons. The molecule has 0 fully saturated rings. The summed E-state index contributed by atoms with van der Waals surface area (Å²) in [5, 5.41) is 18.7. The van der Waals surface area contributed by atoms with Crippen LogP contribution in [0, 0.1) is 11.6 Å². The Kier molecular flexibility index (Phi) is 3.31. The largest absolute Gasteiger partial charge is 0.478 e. The van der Waals surface area contributed by atoms with E-state index < -0.39 is 17.6 Å². The number of hydrogen-bond acceptors (Lipinski definition) is 4. The number of benzene rings is 2. The molecule has 0 saturated heterocycles. The summed E-state index contributed by atoms with van der Waals surface area (Å²) in [6, 6.07) is 7.83. The number of aromatic carboxylic acids is 1. The van der Waals surface area contributed by atoms with E-state index in [4.69, 9.17) is 0 Å². The highest BCUT2D eigenvalue weighted by molar-refractivity contribution is 6.13. The van der Waals surface area contributed by atoms with Crippen LogP contribution in [0.5, 0.6) is 0 Å². The molecule has 6 nitrogen and oxygen atoms in total. The topological polar surface area (TPSA) is 90.4 Å². The van der Waals surface area contributed by atoms with E-state index in [-0.39, 0.29) is 17.0 Å². The Balaban J connectivity index is 1.98. The van der Waals surface area contributed by atoms with Crippen LogP contribution >= 0.6 is 0 Å². The zero-order chi connectivity index (χ0) is 17.6. The van der Waals surface area contributed by atoms with Crippen LogP contribution in [-0.2, 0) is 0 Å². The first kappa shape index (κ1) is 15.0. The van der Waals surface area contributed by atoms with Crippen LogP contribution in [-0.4, -0.2) is 27.1 Å². The molecule has 25 heavy (non-hydrogen) atoms. The maximum Gasteiger partial charge on any atom is 0.335 e. The number of halogens is 2. The highest BCUT2D eigenvalue weighted by Gasteiger charge is 2.23. The van der Waals surface area contributed by atoms with Crippen molar-refractivity contribution in [2.45, 2.75) is 0 Å². The number of carbonyl (C=O) groups is 1. The summed E-state index contributed by atoms with van der Waals surface area (Å²) in [5.74, 6) is -2.64. The number of aromatic amines is 1. The zero-order valence-electron chi connectivity index (χ0n) is 12.5. The predicted octanol–water partition coefficient (Wildman–Crippen LogP) is 3.56. The Morgan fingerprint density at radius 3 is 2.60 bits per heavy atom. The first-order valence-electron chi connectivity index (χ1n) is 7.26. The molecule has 1 aliphatic rings. The molecule has 0 atom stereocenters. The number of H-pyrrole nitrogens is 1. The molecule has 1 aromatic heterocycles. The van der Waals surface area contributed by atoms with Gasteiger partial charge in [-0.3, -0.25) is 5.10 Å². The van der Waals surface area contributed by atoms with Gasteiger partial charge < -0.3 is 10.4 Å². The van der Waals surface area contributed by atoms with Crippen LogP contribution in [0.2, 0.25) is 0 Å². The number of amidine groups is 1. The Labute approximate surface area is 139 Å². The summed E-state index contributed by atoms with van der Waals surface area (Å²) in [7, 11) is 0. The number of carboxylic acid groups (broad SMARTS) is 1. The average Bonchev–Trinajstić information content (AvgIpc) is 2.97. The van der Waals surface area contributed by atoms with E-state index >= 15 is 0 Å². The summed E-state index contributed by atoms with van der Waals surface area (Å²) in [4.78, 5) is 15.5. The van der Waals surface area contributed by atoms with Gasteiger partial charge in [-0.15, -0.1) is 0 Å². The third kappa shape index (κ3) is 2.44. The SMILES string of the molecule is O=C(O)c1ccc2c(c1)-c1[nH]ncc1NC(c1c(F)cccc1F)=N2. The molecule has 0 spiro atoms. The van der Waals surface area contributed by atoms with Crippen molar-refractivity contribution in [2.75, 3.05) is 5.32 Å². The van der Waals surface area contributed by atoms with Gasteiger partial charge in [0.15, 0.2) is 0 Å². The van der Waals surface area contributed by atoms with Crippen LogP contribution in [0.3, 0.4) is 0 Å². The van der Waals surface area contributed by atoms with Crippen LogP contribution in [0.1, 0.15) is 15.9 Å². The van der Waals surface area contributed by atoms with Gasteiger partial charge in [0.25, 0.3) is 0 Å². The van der Waals surface area contributed by atoms with Crippen molar-refractivity contribution in [1.82, 2.24) is 10.2 Å². The van der Waals surface area contributed by atoms with E-state index in [0.29, 0.717) is 22.6 Å². The number of nitrogens with one attached hydrogen (secondary N) is 2. The van der Waals surface area contributed by atoms with Gasteiger partial charge in [-0.1, -0.05) is 6.07 Å². The number of fused-ring (bicyclic) bond motifs is 3. The summed E-state index contributed by atoms with van der Waals surface area (Å²) >= 11 is 0. The van der Waals surface area contributed by atoms with Crippen molar-refractivity contribution < 1.29 is 18.7 Å². The minimum Gasteiger partial charge on any atom is -0.478 e. The van der Waals surface area contributed by atoms with Gasteiger partial charge in [0.1, 0.15) is 17.5 Å². The molecule has 2 aromatic carbocycles. The molecule has 4 rings (SSSR count). The molecule has 3 N–H and O–H groups in total. The van der Waals surface area contributed by atoms with Crippen LogP contribution in [0.15, 0.2) is 47.6 Å². The van der Waals surface area contributed by atoms with Crippen molar-refractivity contribution in [3.05, 3.63) is 65.4 Å². The zero-order valence-corrected chi connectivity index (χ0v) is 12.5. The Hall–Kier alpha value is -3.55. The lowest BCUT2D eigenvalue weighted by atomic mass is 10.1. The summed E-state index contributed by atoms with van der Waals surface area (Å²) < 4.78 is 28.3. The van der Waals surface area contributed by atoms with Gasteiger partial charge in [-0.05, 0) is 30.3 Å². The number of aromatic nitrogens is 2. The summed E-state index contributed by atoms with van der Waals surface area (Å²) in [5.41, 5.74) is 1.50. The first-order valence-corrected chi connectivity index (χ1v) is 7.26. The second-order valence-corrected chi connectivity index (χ2v) is 5.38. The lowest BCUT2D eigenvalue weighted by Gasteiger charge is -2.09. The molecule has 0 unspecified atom stereocenters. The first-order chi connectivity index (χ1) is 12.0. The van der Waals surface area contributed by atoms with E-state index in [1.165, 1.54) is 30.5 Å². The third-order valence-electron chi connectivity index (χ3n) is 3.84. The molecule has 3 aromatic rings. The number of carboxylic acids is 1. The normalized spacial score (nSPS) is 12.5. The van der Waals surface area contributed by atoms with Crippen molar-refractivity contribution in [3.63, 3.8) is 0 Å². The number of rotatable bonds is 2. The highest BCUT2D eigenvalue weighted by atomic mass is 19.1. The van der Waals surface area contributed by atoms with E-state index in [9.17, 15) is 18.7 Å². The molecule has 1 aliphatic heterocycles. The fourth-order valence-corrected chi connectivity index (χ4v) is 2.67. The molecular formula is C17H10F2N4O2. The van der Waals surface area contributed by atoms with Crippen molar-refractivity contribution in [3.8, 4) is 11.3 Å². The number of aliphatic imine (C=N–C) groups is 1. The smallest absolute Gasteiger partial charge is 0.335 e. The van der Waals surface area contributed by atoms with E-state index in [2.05, 4.69) is 20.5 Å². The molecule has 0 amide bonds. The van der Waals surface area contributed by atoms with Crippen molar-refractivity contribution >= 4 is 23.2 Å². The molecular weight excluding hydrogens is 330 g/mol. The second-order valence-electron chi connectivity index (χ2n) is 5.38. The average molecular weight is 340 g/mol. The van der Waals surface area contributed by atoms with Crippen LogP contribution in [0.4, 0.5) is 20.2 Å². The summed E-state index contributed by atoms with van der Waals surface area (Å²) in [6.07, 6.45) is 1.44. The van der Waals surface area contributed by atoms with Crippen molar-refractivity contribution in [1.29, 1.82) is 0 Å². The molecule has 0 saturated carbocycles. The van der Waals surface area contributed by atoms with Gasteiger partial charge in [-0.2, -0.15) is 5.10 Å². The van der Waals surface area contributed by atoms with Gasteiger partial charge in [-0.25, -0.2) is 18.6 Å². The monoisotopic (exact) mass is 340 g/mol. The standard InChI is InChI=1S/C17H10F2N4O2/c18-10-2-1-3-11(19)14(10)16-21-12-5-4-8(17(24)25)6-9(12)15-13(22-16)7-20-23-15/h1-7H,(H,20,23)(H,21,22)(H,24,25). The van der Waals surface area contributed by atoms with Gasteiger partial charge in [0.05, 0.1) is 34.4 Å². The number of anilines is 1. The number of nitrogens with zero attached hydrogens (tertiary/aromatic N) is 2. The minimum atomic E-state index is -1.09. The fourth-order valence-electron chi connectivity index (χ4n) is 2.67. The molecule has 0 aliphatic carbocycles. The van der Waals surface area contributed by atoms with Crippen molar-refractivity contribution in [2.24, 2.45) is 4.99 Å². The van der Waals surface area contributed by atoms with Crippen LogP contribution in [0.25, 0.3) is 11.3 Å². The lowest BCUT2D eigenvalue weighted by Crippen LogP contribution is -2.16. The minimum absolute atomic E-state index is 0.0277. The Morgan fingerprint density at radius 1 is 1.12 bits per heavy atom. The predicted molar refractivity (Wildman–Crippen MR) is 87.2 cm³/mol. The number of hydrogen-bond donors (Lipinski definition) is 3. The van der Waals surface area contributed by atoms with Gasteiger partial charge in [0.2, 0.25) is 0 Å². The maximum atomic E-state index is 14.2. The fraction of sp³-hybridized carbons (Fsp3) is 0. The third-order valence-corrected chi connectivity index (χ3v) is 3.84. The van der Waals surface area contributed by atoms with Crippen LogP contribution < -0.4 is 5.32 Å². The molecule has 0 bridgehead atoms. The summed E-state index contributed by atoms with van der Waals surface area (Å²) in [6.45, 7) is 0. The molecule has 2 heterocycles. The Morgan fingerprint density at radius 2 is 1.88 bits per heavy atom. The van der Waals surface area contributed by atoms with Gasteiger partial charge >= 0.3 is 5.97 Å². The molecule has 0 radical (unpaired) electrons. The second kappa shape index (κ2) is 5.52. The lowest BCUT2D eigenvalue weighted by molar-refractivity contribution is 0.0697. The van der Waals surface area contributed by atoms with Gasteiger partial charge in [0, 0.05) is 5.56 Å². The van der Waals surface area contributed by atoms with E-state index in [1.807, 2.05) is 0 Å².